The molecular formula is C52H34N4OPtS. The van der Waals surface area contributed by atoms with Crippen LogP contribution >= 0.6 is 11.3 Å². The Morgan fingerprint density at radius 3 is 1.80 bits per heavy atom. The second kappa shape index (κ2) is 14.8. The zero-order valence-electron chi connectivity index (χ0n) is 31.6. The molecule has 0 unspecified atom stereocenters. The van der Waals surface area contributed by atoms with Crippen molar-refractivity contribution in [2.75, 3.05) is 0 Å². The maximum atomic E-state index is 6.75. The van der Waals surface area contributed by atoms with E-state index in [0.29, 0.717) is 0 Å². The number of imidazole rings is 1. The molecule has 11 aromatic rings. The van der Waals surface area contributed by atoms with E-state index in [2.05, 4.69) is 226 Å². The predicted molar refractivity (Wildman–Crippen MR) is 239 cm³/mol. The Kier molecular flexibility index (Phi) is 8.88. The van der Waals surface area contributed by atoms with Crippen LogP contribution in [0.2, 0.25) is 0 Å². The molecule has 0 atom stereocenters. The number of pyridine rings is 1. The number of rotatable bonds is 8. The molecular weight excluding hydrogens is 924 g/mol. The summed E-state index contributed by atoms with van der Waals surface area (Å²) in [4.78, 5) is 4.96. The Hall–Kier alpha value is -6.85. The van der Waals surface area contributed by atoms with Gasteiger partial charge < -0.3 is 0 Å². The van der Waals surface area contributed by atoms with Crippen molar-refractivity contribution in [2.24, 2.45) is 0 Å². The van der Waals surface area contributed by atoms with Gasteiger partial charge in [-0.3, -0.25) is 0 Å². The molecule has 0 amide bonds. The summed E-state index contributed by atoms with van der Waals surface area (Å²) in [5.74, 6) is 2.36. The fraction of sp³-hybridized carbons (Fsp3) is 0. The first-order chi connectivity index (χ1) is 29.2. The summed E-state index contributed by atoms with van der Waals surface area (Å²) in [5.41, 5.74) is 13.4. The number of fused-ring (bicyclic) bond motifs is 4. The van der Waals surface area contributed by atoms with Gasteiger partial charge in [0, 0.05) is 11.8 Å². The van der Waals surface area contributed by atoms with Crippen LogP contribution in [0.15, 0.2) is 205 Å². The standard InChI is InChI=1S/C52H34N4OS.Pt/c1-3-13-36(14-4-1)43-20-12-21-44(37-15-5-2-6-16-37)52(43)55-35-54(48-23-9-10-24-49(48)55)40-17-11-18-41(31-40)57-42-26-27-46-45-19-7-8-22-47(45)56(50(46)32-42)51-28-25-38(33-53-51)39-29-30-58-34-39;/h1-34H;. The minimum atomic E-state index is 0.748. The van der Waals surface area contributed by atoms with E-state index in [1.807, 2.05) is 12.3 Å². The molecule has 7 heteroatoms. The van der Waals surface area contributed by atoms with E-state index in [-0.39, 0.29) is 0 Å². The molecule has 0 aliphatic rings. The van der Waals surface area contributed by atoms with Crippen LogP contribution in [0.5, 0.6) is 11.5 Å². The summed E-state index contributed by atoms with van der Waals surface area (Å²) in [6.45, 7) is 0. The summed E-state index contributed by atoms with van der Waals surface area (Å²) >= 11 is 4.19. The van der Waals surface area contributed by atoms with Crippen LogP contribution in [0, 0.1) is 3.80 Å². The van der Waals surface area contributed by atoms with E-state index in [1.54, 1.807) is 11.3 Å². The van der Waals surface area contributed by atoms with Crippen LogP contribution in [0.3, 0.4) is 0 Å². The summed E-state index contributed by atoms with van der Waals surface area (Å²) in [5, 5.41) is 6.57. The normalized spacial score (nSPS) is 11.5. The molecule has 0 spiro atoms. The van der Waals surface area contributed by atoms with Gasteiger partial charge in [0.15, 0.2) is 0 Å². The van der Waals surface area contributed by atoms with Gasteiger partial charge >= 0.3 is 294 Å². The molecule has 0 radical (unpaired) electrons. The fourth-order valence-corrected chi connectivity index (χ4v) is 10.0. The monoisotopic (exact) mass is 957 g/mol. The van der Waals surface area contributed by atoms with Crippen LogP contribution in [0.25, 0.3) is 83.4 Å². The third kappa shape index (κ3) is 6.20. The van der Waals surface area contributed by atoms with Gasteiger partial charge in [0.25, 0.3) is 0 Å². The second-order valence-corrected chi connectivity index (χ2v) is 16.2. The number of benzene rings is 7. The van der Waals surface area contributed by atoms with Gasteiger partial charge in [-0.25, -0.2) is 0 Å². The molecule has 0 aliphatic heterocycles. The van der Waals surface area contributed by atoms with E-state index in [1.165, 1.54) is 22.1 Å². The summed E-state index contributed by atoms with van der Waals surface area (Å²) in [6, 6.07) is 66.2. The van der Waals surface area contributed by atoms with E-state index in [4.69, 9.17) is 9.72 Å². The van der Waals surface area contributed by atoms with Crippen molar-refractivity contribution in [1.29, 1.82) is 0 Å². The third-order valence-electron chi connectivity index (χ3n) is 10.9. The topological polar surface area (TPSA) is 36.9 Å². The first-order valence-electron chi connectivity index (χ1n) is 19.4. The molecule has 4 heterocycles. The van der Waals surface area contributed by atoms with E-state index >= 15 is 0 Å². The Bertz CT molecular complexity index is 3310. The number of hydrogen-bond donors (Lipinski definition) is 0. The number of aromatic nitrogens is 4. The van der Waals surface area contributed by atoms with Crippen molar-refractivity contribution in [2.45, 2.75) is 0 Å². The average molecular weight is 958 g/mol. The zero-order valence-corrected chi connectivity index (χ0v) is 34.6. The number of thiophene rings is 1. The van der Waals surface area contributed by atoms with Crippen LogP contribution in [0.1, 0.15) is 0 Å². The summed E-state index contributed by atoms with van der Waals surface area (Å²) in [7, 11) is 0. The third-order valence-corrected chi connectivity index (χ3v) is 12.6. The average Bonchev–Trinajstić information content (AvgIpc) is 4.02. The molecule has 0 aliphatic carbocycles. The molecule has 11 rings (SSSR count). The van der Waals surface area contributed by atoms with E-state index in [9.17, 15) is 0 Å². The zero-order chi connectivity index (χ0) is 39.3. The SMILES string of the molecule is [Pt]=[c]1n(-c2cccc(Oc3ccc4c5ccccc5n(-c5ccc(-c6ccsc6)cn5)c4c3)c2)c2ccccc2n1-c1c(-c2ccccc2)cccc1-c1ccccc1. The molecule has 5 nitrogen and oxygen atoms in total. The number of para-hydroxylation sites is 4. The molecule has 0 N–H and O–H groups in total. The van der Waals surface area contributed by atoms with E-state index in [0.717, 1.165) is 76.6 Å². The van der Waals surface area contributed by atoms with Crippen molar-refractivity contribution in [3.8, 4) is 62.1 Å². The van der Waals surface area contributed by atoms with Gasteiger partial charge in [-0.15, -0.1) is 0 Å². The Labute approximate surface area is 355 Å². The molecule has 0 saturated heterocycles. The minimum absolute atomic E-state index is 0.748. The van der Waals surface area contributed by atoms with Crippen molar-refractivity contribution in [3.05, 3.63) is 209 Å². The number of nitrogens with zero attached hydrogens (tertiary/aromatic N) is 4. The second-order valence-electron chi connectivity index (χ2n) is 14.4. The van der Waals surface area contributed by atoms with Gasteiger partial charge in [-0.1, -0.05) is 12.1 Å². The Morgan fingerprint density at radius 1 is 0.458 bits per heavy atom. The van der Waals surface area contributed by atoms with Crippen molar-refractivity contribution in [1.82, 2.24) is 18.7 Å². The molecule has 0 saturated carbocycles. The van der Waals surface area contributed by atoms with Gasteiger partial charge in [-0.05, 0) is 28.5 Å². The van der Waals surface area contributed by atoms with E-state index < -0.39 is 0 Å². The van der Waals surface area contributed by atoms with Crippen LogP contribution < -0.4 is 4.74 Å². The molecule has 284 valence electrons. The van der Waals surface area contributed by atoms with Crippen molar-refractivity contribution < 1.29 is 24.1 Å². The van der Waals surface area contributed by atoms with Crippen LogP contribution in [-0.2, 0) is 19.4 Å². The fourth-order valence-electron chi connectivity index (χ4n) is 8.26. The Balaban J connectivity index is 1.03. The first-order valence-corrected chi connectivity index (χ1v) is 21.5. The summed E-state index contributed by atoms with van der Waals surface area (Å²) in [6.07, 6.45) is 1.96. The first kappa shape index (κ1) is 35.3. The molecule has 0 bridgehead atoms. The number of hydrogen-bond acceptors (Lipinski definition) is 3. The molecule has 0 fully saturated rings. The van der Waals surface area contributed by atoms with Crippen molar-refractivity contribution in [3.63, 3.8) is 0 Å². The van der Waals surface area contributed by atoms with Crippen LogP contribution in [-0.4, -0.2) is 18.7 Å². The van der Waals surface area contributed by atoms with Gasteiger partial charge in [0.2, 0.25) is 0 Å². The van der Waals surface area contributed by atoms with Gasteiger partial charge in [0.1, 0.15) is 0 Å². The number of ether oxygens (including phenoxy) is 1. The summed E-state index contributed by atoms with van der Waals surface area (Å²) < 4.78 is 14.8. The van der Waals surface area contributed by atoms with Gasteiger partial charge in [0.05, 0.1) is 0 Å². The van der Waals surface area contributed by atoms with Crippen LogP contribution in [0.4, 0.5) is 0 Å². The van der Waals surface area contributed by atoms with Gasteiger partial charge in [-0.2, -0.15) is 11.3 Å². The quantitative estimate of drug-likeness (QED) is 0.152. The molecule has 59 heavy (non-hydrogen) atoms. The molecule has 7 aromatic carbocycles. The maximum absolute atomic E-state index is 6.75. The Morgan fingerprint density at radius 2 is 1.10 bits per heavy atom. The predicted octanol–water partition coefficient (Wildman–Crippen LogP) is 13.8. The van der Waals surface area contributed by atoms with Crippen molar-refractivity contribution >= 4 is 44.2 Å². The molecule has 4 aromatic heterocycles.